The molecule has 0 amide bonds. The first-order valence-corrected chi connectivity index (χ1v) is 9.95. The number of hydrogen-bond donors (Lipinski definition) is 1. The van der Waals surface area contributed by atoms with Crippen LogP contribution in [0.5, 0.6) is 5.75 Å². The highest BCUT2D eigenvalue weighted by Gasteiger charge is 2.32. The number of ether oxygens (including phenoxy) is 1. The molecule has 1 unspecified atom stereocenters. The van der Waals surface area contributed by atoms with E-state index in [1.165, 1.54) is 0 Å². The van der Waals surface area contributed by atoms with Crippen LogP contribution in [0.3, 0.4) is 0 Å². The molecule has 0 aliphatic rings. The van der Waals surface area contributed by atoms with Gasteiger partial charge in [0.1, 0.15) is 24.2 Å². The third-order valence-corrected chi connectivity index (χ3v) is 6.15. The minimum atomic E-state index is -2.73. The predicted molar refractivity (Wildman–Crippen MR) is 91.6 cm³/mol. The third-order valence-electron chi connectivity index (χ3n) is 3.03. The molecule has 0 aliphatic heterocycles. The van der Waals surface area contributed by atoms with Crippen LogP contribution in [0.25, 0.3) is 0 Å². The van der Waals surface area contributed by atoms with Crippen molar-refractivity contribution >= 4 is 24.3 Å². The van der Waals surface area contributed by atoms with Crippen molar-refractivity contribution in [3.8, 4) is 5.75 Å². The Balaban J connectivity index is 0.00000288. The Labute approximate surface area is 153 Å². The maximum Gasteiger partial charge on any atom is 0.367 e. The van der Waals surface area contributed by atoms with Gasteiger partial charge in [0.05, 0.1) is 13.7 Å². The van der Waals surface area contributed by atoms with Gasteiger partial charge in [-0.1, -0.05) is 18.2 Å². The zero-order chi connectivity index (χ0) is 16.9. The summed E-state index contributed by atoms with van der Waals surface area (Å²) in [6.45, 7) is 1.09. The number of hydrogen-bond acceptors (Lipinski definition) is 4. The summed E-state index contributed by atoms with van der Waals surface area (Å²) in [5.41, 5.74) is 0. The Morgan fingerprint density at radius 3 is 2.62 bits per heavy atom. The minimum Gasteiger partial charge on any atom is -1.00 e. The summed E-state index contributed by atoms with van der Waals surface area (Å²) in [5.74, 6) is 0.297. The number of carbonyl (C=O) groups is 1. The van der Waals surface area contributed by atoms with Crippen molar-refractivity contribution in [2.24, 2.45) is 7.05 Å². The molecule has 132 valence electrons. The number of esters is 1. The molecule has 0 radical (unpaired) electrons. The Morgan fingerprint density at radius 2 is 2.08 bits per heavy atom. The van der Waals surface area contributed by atoms with Crippen LogP contribution in [0.15, 0.2) is 49.1 Å². The van der Waals surface area contributed by atoms with Gasteiger partial charge in [0.25, 0.3) is 0 Å². The molecule has 1 aromatic heterocycles. The van der Waals surface area contributed by atoms with E-state index in [0.29, 0.717) is 12.4 Å². The van der Waals surface area contributed by atoms with Crippen molar-refractivity contribution in [2.45, 2.75) is 19.9 Å². The minimum absolute atomic E-state index is 0. The van der Waals surface area contributed by atoms with E-state index in [1.807, 2.05) is 60.7 Å². The number of nitrogens with zero attached hydrogens (tertiary/aromatic N) is 2. The summed E-state index contributed by atoms with van der Waals surface area (Å²) < 4.78 is 14.8. The topological polar surface area (TPSA) is 56.4 Å². The van der Waals surface area contributed by atoms with Gasteiger partial charge in [-0.3, -0.25) is 4.79 Å². The molecule has 1 heterocycles. The van der Waals surface area contributed by atoms with Gasteiger partial charge in [-0.25, -0.2) is 9.65 Å². The fraction of sp³-hybridized carbons (Fsp3) is 0.333. The summed E-state index contributed by atoms with van der Waals surface area (Å²) in [5, 5.41) is 3.13. The molecule has 0 saturated heterocycles. The number of carbonyl (C=O) groups excluding carboxylic acids is 1. The van der Waals surface area contributed by atoms with Gasteiger partial charge in [-0.2, -0.15) is 4.34 Å². The van der Waals surface area contributed by atoms with Gasteiger partial charge >= 0.3 is 12.5 Å². The van der Waals surface area contributed by atoms with Crippen molar-refractivity contribution in [1.82, 2.24) is 9.42 Å². The second-order valence-electron chi connectivity index (χ2n) is 4.99. The molecule has 1 aromatic carbocycles. The molecular weight excluding hydrogens is 369 g/mol. The maximum atomic E-state index is 11.9. The van der Waals surface area contributed by atoms with Gasteiger partial charge in [0.2, 0.25) is 6.33 Å². The Kier molecular flexibility index (Phi) is 7.90. The van der Waals surface area contributed by atoms with Gasteiger partial charge in [0.15, 0.2) is 0 Å². The van der Waals surface area contributed by atoms with E-state index in [1.54, 1.807) is 18.2 Å². The molecule has 0 saturated carbocycles. The van der Waals surface area contributed by atoms with E-state index >= 15 is 0 Å². The molecule has 2 atom stereocenters. The summed E-state index contributed by atoms with van der Waals surface area (Å²) in [6, 6.07) is 8.75. The van der Waals surface area contributed by atoms with Crippen LogP contribution >= 0.6 is 6.57 Å². The number of halogens is 1. The second-order valence-corrected chi connectivity index (χ2v) is 8.41. The standard InChI is InChI=1S/C15H21N3O3PS.ClH/c1-4-20-15(19)13(2)16-22(23,18-11-10-17(3)12-18)21-14-8-6-5-7-9-14;/h5-13H,4H2,1-3H3,(H,16,23);1H/q+1;/p-1/t13-,22?;/m0./s1. The number of rotatable bonds is 7. The summed E-state index contributed by atoms with van der Waals surface area (Å²) in [4.78, 5) is 11.9. The molecule has 2 aromatic rings. The van der Waals surface area contributed by atoms with Gasteiger partial charge < -0.3 is 21.7 Å². The molecule has 0 aliphatic carbocycles. The lowest BCUT2D eigenvalue weighted by Gasteiger charge is -2.23. The molecule has 24 heavy (non-hydrogen) atoms. The lowest BCUT2D eigenvalue weighted by atomic mass is 10.3. The summed E-state index contributed by atoms with van der Waals surface area (Å²) in [7, 11) is 1.90. The molecular formula is C15H21ClN3O3PS. The highest BCUT2D eigenvalue weighted by atomic mass is 35.5. The summed E-state index contributed by atoms with van der Waals surface area (Å²) >= 11 is 5.76. The van der Waals surface area contributed by atoms with Crippen molar-refractivity contribution in [2.75, 3.05) is 6.61 Å². The average molecular weight is 390 g/mol. The number of aryl methyl sites for hydroxylation is 1. The Morgan fingerprint density at radius 1 is 1.42 bits per heavy atom. The second kappa shape index (κ2) is 9.18. The van der Waals surface area contributed by atoms with E-state index in [0.717, 1.165) is 0 Å². The highest BCUT2D eigenvalue weighted by Crippen LogP contribution is 2.44. The van der Waals surface area contributed by atoms with E-state index in [9.17, 15) is 4.79 Å². The predicted octanol–water partition coefficient (Wildman–Crippen LogP) is -0.991. The molecule has 0 bridgehead atoms. The van der Waals surface area contributed by atoms with Crippen molar-refractivity contribution in [3.63, 3.8) is 0 Å². The number of nitrogens with one attached hydrogen (secondary N) is 1. The Bertz CT molecular complexity index is 711. The van der Waals surface area contributed by atoms with Crippen molar-refractivity contribution in [3.05, 3.63) is 49.1 Å². The van der Waals surface area contributed by atoms with E-state index in [4.69, 9.17) is 21.1 Å². The van der Waals surface area contributed by atoms with E-state index in [-0.39, 0.29) is 18.4 Å². The first-order valence-electron chi connectivity index (χ1n) is 7.28. The lowest BCUT2D eigenvalue weighted by molar-refractivity contribution is -0.670. The fourth-order valence-corrected chi connectivity index (χ4v) is 4.76. The van der Waals surface area contributed by atoms with Crippen LogP contribution in [0.4, 0.5) is 0 Å². The SMILES string of the molecule is CCOC(=O)[C@H](C)NP(=S)(Oc1ccccc1)n1cc[n+](C)c1.[Cl-]. The van der Waals surface area contributed by atoms with E-state index in [2.05, 4.69) is 5.09 Å². The Hall–Kier alpha value is -1.40. The number of imidazole rings is 1. The van der Waals surface area contributed by atoms with Crippen LogP contribution in [0, 0.1) is 0 Å². The largest absolute Gasteiger partial charge is 1.00 e. The normalized spacial score (nSPS) is 14.1. The molecule has 0 fully saturated rings. The van der Waals surface area contributed by atoms with Crippen molar-refractivity contribution < 1.29 is 31.0 Å². The van der Waals surface area contributed by atoms with E-state index < -0.39 is 12.6 Å². The van der Waals surface area contributed by atoms with Crippen LogP contribution in [0.1, 0.15) is 13.8 Å². The molecule has 2 rings (SSSR count). The molecule has 1 N–H and O–H groups in total. The average Bonchev–Trinajstić information content (AvgIpc) is 2.95. The third kappa shape index (κ3) is 5.31. The smallest absolute Gasteiger partial charge is 0.367 e. The van der Waals surface area contributed by atoms with Crippen LogP contribution in [-0.2, 0) is 28.4 Å². The molecule has 0 spiro atoms. The lowest BCUT2D eigenvalue weighted by Crippen LogP contribution is -3.00. The number of aromatic nitrogens is 2. The van der Waals surface area contributed by atoms with Crippen LogP contribution in [-0.4, -0.2) is 23.0 Å². The summed E-state index contributed by atoms with van der Waals surface area (Å²) in [6.07, 6.45) is 5.52. The first kappa shape index (κ1) is 20.6. The van der Waals surface area contributed by atoms with Crippen LogP contribution in [0.2, 0.25) is 0 Å². The van der Waals surface area contributed by atoms with Gasteiger partial charge in [-0.05, 0) is 26.0 Å². The van der Waals surface area contributed by atoms with Crippen LogP contribution < -0.4 is 26.6 Å². The molecule has 6 nitrogen and oxygen atoms in total. The monoisotopic (exact) mass is 389 g/mol. The highest BCUT2D eigenvalue weighted by molar-refractivity contribution is 8.10. The first-order chi connectivity index (χ1) is 10.9. The molecule has 9 heteroatoms. The van der Waals surface area contributed by atoms with Gasteiger partial charge in [-0.15, -0.1) is 0 Å². The van der Waals surface area contributed by atoms with Crippen molar-refractivity contribution in [1.29, 1.82) is 0 Å². The maximum absolute atomic E-state index is 11.9. The zero-order valence-electron chi connectivity index (χ0n) is 13.8. The number of para-hydroxylation sites is 1. The fourth-order valence-electron chi connectivity index (χ4n) is 1.92. The number of benzene rings is 1. The zero-order valence-corrected chi connectivity index (χ0v) is 16.2. The quantitative estimate of drug-likeness (QED) is 0.374. The van der Waals surface area contributed by atoms with Gasteiger partial charge in [0, 0.05) is 11.8 Å².